The molecule has 0 unspecified atom stereocenters. The Labute approximate surface area is 264 Å². The van der Waals surface area contributed by atoms with E-state index in [1.807, 2.05) is 0 Å². The number of aromatic nitrogens is 3. The minimum absolute atomic E-state index is 0.0104. The van der Waals surface area contributed by atoms with Crippen LogP contribution in [0.3, 0.4) is 0 Å². The van der Waals surface area contributed by atoms with Gasteiger partial charge in [-0.25, -0.2) is 13.9 Å². The second-order valence-corrected chi connectivity index (χ2v) is 18.7. The number of phenolic OH excluding ortho intramolecular Hbond substituents is 1. The number of anilines is 1. The summed E-state index contributed by atoms with van der Waals surface area (Å²) in [7, 11) is -1.30. The van der Waals surface area contributed by atoms with Gasteiger partial charge < -0.3 is 24.4 Å². The first-order valence-electron chi connectivity index (χ1n) is 15.0. The van der Waals surface area contributed by atoms with E-state index in [4.69, 9.17) is 24.4 Å². The van der Waals surface area contributed by atoms with Crippen LogP contribution in [0.1, 0.15) is 32.8 Å². The van der Waals surface area contributed by atoms with Gasteiger partial charge in [0.15, 0.2) is 0 Å². The highest BCUT2D eigenvalue weighted by atomic mass is 28.3. The Bertz CT molecular complexity index is 1630. The number of hydrogen-bond donors (Lipinski definition) is 3. The van der Waals surface area contributed by atoms with Gasteiger partial charge in [0.2, 0.25) is 0 Å². The number of halogens is 1. The molecule has 2 aromatic carbocycles. The van der Waals surface area contributed by atoms with Crippen LogP contribution in [-0.4, -0.2) is 64.6 Å². The number of hydrogen-bond acceptors (Lipinski definition) is 8. The van der Waals surface area contributed by atoms with Crippen LogP contribution < -0.4 is 5.32 Å². The molecule has 0 bridgehead atoms. The number of carbonyl (C=O) groups is 1. The van der Waals surface area contributed by atoms with Crippen molar-refractivity contribution in [3.05, 3.63) is 60.0 Å². The third kappa shape index (κ3) is 9.33. The minimum Gasteiger partial charge on any atom is -0.506 e. The fourth-order valence-corrected chi connectivity index (χ4v) is 5.33. The molecule has 3 N–H and O–H groups in total. The van der Waals surface area contributed by atoms with Gasteiger partial charge in [-0.3, -0.25) is 10.3 Å². The van der Waals surface area contributed by atoms with Crippen LogP contribution in [0, 0.1) is 5.82 Å². The standard InChI is InChI=1S/C33H43FN4O6Si/c1-33(2,3)44-32(41)36-26-12-11-22(17-29(26)40)31-24-18-27(30-23(9-7-10-25(30)34)20-42-14-8-13-39)35-19-28(24)38(37-31)21-43-15-16-45(4,5)6/h7,9-12,17-19,39-40H,8,13-16,20-21H2,1-6H3,(H,36,41). The normalized spacial score (nSPS) is 12.1. The summed E-state index contributed by atoms with van der Waals surface area (Å²) in [6, 6.07) is 12.4. The van der Waals surface area contributed by atoms with Crippen LogP contribution in [0.15, 0.2) is 48.7 Å². The summed E-state index contributed by atoms with van der Waals surface area (Å²) >= 11 is 0. The predicted octanol–water partition coefficient (Wildman–Crippen LogP) is 7.17. The number of aliphatic hydroxyl groups is 1. The van der Waals surface area contributed by atoms with E-state index in [1.165, 1.54) is 12.1 Å². The zero-order valence-corrected chi connectivity index (χ0v) is 27.8. The number of phenols is 1. The Kier molecular flexibility index (Phi) is 11.0. The van der Waals surface area contributed by atoms with Crippen molar-refractivity contribution in [3.63, 3.8) is 0 Å². The van der Waals surface area contributed by atoms with Gasteiger partial charge in [0.1, 0.15) is 29.6 Å². The Balaban J connectivity index is 1.73. The van der Waals surface area contributed by atoms with E-state index in [1.54, 1.807) is 62.0 Å². The third-order valence-electron chi connectivity index (χ3n) is 6.81. The molecule has 2 heterocycles. The van der Waals surface area contributed by atoms with Crippen LogP contribution in [0.5, 0.6) is 5.75 Å². The summed E-state index contributed by atoms with van der Waals surface area (Å²) in [4.78, 5) is 16.9. The van der Waals surface area contributed by atoms with Crippen LogP contribution >= 0.6 is 0 Å². The first-order valence-corrected chi connectivity index (χ1v) is 18.7. The number of carbonyl (C=O) groups excluding carboxylic acids is 1. The van der Waals surface area contributed by atoms with Crippen LogP contribution in [0.4, 0.5) is 14.9 Å². The number of rotatable bonds is 13. The van der Waals surface area contributed by atoms with E-state index in [2.05, 4.69) is 29.9 Å². The number of fused-ring (bicyclic) bond motifs is 1. The van der Waals surface area contributed by atoms with E-state index in [-0.39, 0.29) is 31.4 Å². The van der Waals surface area contributed by atoms with E-state index >= 15 is 4.39 Å². The highest BCUT2D eigenvalue weighted by Gasteiger charge is 2.21. The number of nitrogens with zero attached hydrogens (tertiary/aromatic N) is 3. The average Bonchev–Trinajstić information content (AvgIpc) is 3.31. The molecule has 0 aliphatic rings. The maximum Gasteiger partial charge on any atom is 0.412 e. The van der Waals surface area contributed by atoms with Gasteiger partial charge in [-0.05, 0) is 63.1 Å². The lowest BCUT2D eigenvalue weighted by molar-refractivity contribution is 0.0635. The van der Waals surface area contributed by atoms with Crippen LogP contribution in [0.25, 0.3) is 33.4 Å². The summed E-state index contributed by atoms with van der Waals surface area (Å²) in [5, 5.41) is 28.0. The number of benzene rings is 2. The summed E-state index contributed by atoms with van der Waals surface area (Å²) in [5.41, 5.74) is 2.60. The van der Waals surface area contributed by atoms with E-state index in [0.29, 0.717) is 58.6 Å². The maximum atomic E-state index is 15.3. The monoisotopic (exact) mass is 638 g/mol. The molecule has 10 nitrogen and oxygen atoms in total. The van der Waals surface area contributed by atoms with E-state index in [0.717, 1.165) is 6.04 Å². The first kappa shape index (κ1) is 34.0. The van der Waals surface area contributed by atoms with Crippen molar-refractivity contribution < 1.29 is 33.6 Å². The first-order chi connectivity index (χ1) is 21.3. The lowest BCUT2D eigenvalue weighted by Crippen LogP contribution is -2.27. The second-order valence-electron chi connectivity index (χ2n) is 13.0. The third-order valence-corrected chi connectivity index (χ3v) is 8.52. The molecule has 0 aliphatic carbocycles. The molecule has 4 rings (SSSR count). The SMILES string of the molecule is CC(C)(C)OC(=O)Nc1ccc(-c2nn(COCC[Si](C)(C)C)c3cnc(-c4c(F)cccc4COCCCO)cc23)cc1O. The number of aromatic hydroxyl groups is 1. The number of amides is 1. The molecule has 12 heteroatoms. The molecule has 0 radical (unpaired) electrons. The molecule has 0 spiro atoms. The largest absolute Gasteiger partial charge is 0.506 e. The fourth-order valence-electron chi connectivity index (χ4n) is 4.57. The highest BCUT2D eigenvalue weighted by Crippen LogP contribution is 2.36. The van der Waals surface area contributed by atoms with Gasteiger partial charge in [-0.2, -0.15) is 5.10 Å². The zero-order chi connectivity index (χ0) is 32.8. The summed E-state index contributed by atoms with van der Waals surface area (Å²) < 4.78 is 34.0. The van der Waals surface area contributed by atoms with Crippen molar-refractivity contribution in [2.45, 2.75) is 71.8 Å². The van der Waals surface area contributed by atoms with Crippen molar-refractivity contribution in [2.75, 3.05) is 25.1 Å². The highest BCUT2D eigenvalue weighted by molar-refractivity contribution is 6.76. The van der Waals surface area contributed by atoms with Gasteiger partial charge in [-0.1, -0.05) is 37.8 Å². The van der Waals surface area contributed by atoms with Crippen LogP contribution in [0.2, 0.25) is 25.7 Å². The molecule has 0 atom stereocenters. The van der Waals surface area contributed by atoms with Crippen molar-refractivity contribution in [1.82, 2.24) is 14.8 Å². The molecule has 0 fully saturated rings. The molecule has 1 amide bonds. The smallest absolute Gasteiger partial charge is 0.412 e. The predicted molar refractivity (Wildman–Crippen MR) is 175 cm³/mol. The van der Waals surface area contributed by atoms with Crippen molar-refractivity contribution in [3.8, 4) is 28.3 Å². The lowest BCUT2D eigenvalue weighted by Gasteiger charge is -2.20. The molecule has 2 aromatic heterocycles. The zero-order valence-electron chi connectivity index (χ0n) is 26.8. The molecule has 0 saturated carbocycles. The number of ether oxygens (including phenoxy) is 3. The molecule has 45 heavy (non-hydrogen) atoms. The Morgan fingerprint density at radius 3 is 2.56 bits per heavy atom. The van der Waals surface area contributed by atoms with E-state index < -0.39 is 25.6 Å². The molecular weight excluding hydrogens is 595 g/mol. The summed E-state index contributed by atoms with van der Waals surface area (Å²) in [6.45, 7) is 13.4. The topological polar surface area (TPSA) is 128 Å². The fraction of sp³-hybridized carbons (Fsp3) is 0.424. The average molecular weight is 639 g/mol. The molecule has 4 aromatic rings. The van der Waals surface area contributed by atoms with Gasteiger partial charge in [0.05, 0.1) is 29.7 Å². The lowest BCUT2D eigenvalue weighted by atomic mass is 10.0. The molecular formula is C33H43FN4O6Si. The Hall–Kier alpha value is -3.84. The van der Waals surface area contributed by atoms with Crippen LogP contribution in [-0.2, 0) is 27.5 Å². The Morgan fingerprint density at radius 2 is 1.87 bits per heavy atom. The second kappa shape index (κ2) is 14.5. The minimum atomic E-state index is -1.30. The van der Waals surface area contributed by atoms with Gasteiger partial charge >= 0.3 is 6.09 Å². The number of aliphatic hydroxyl groups excluding tert-OH is 1. The summed E-state index contributed by atoms with van der Waals surface area (Å²) in [5.74, 6) is -0.609. The van der Waals surface area contributed by atoms with Gasteiger partial charge in [0.25, 0.3) is 0 Å². The van der Waals surface area contributed by atoms with Gasteiger partial charge in [-0.15, -0.1) is 0 Å². The number of pyridine rings is 1. The molecule has 242 valence electrons. The number of nitrogens with one attached hydrogen (secondary N) is 1. The van der Waals surface area contributed by atoms with Crippen molar-refractivity contribution in [1.29, 1.82) is 0 Å². The summed E-state index contributed by atoms with van der Waals surface area (Å²) in [6.07, 6.45) is 1.44. The Morgan fingerprint density at radius 1 is 1.09 bits per heavy atom. The molecule has 0 saturated heterocycles. The van der Waals surface area contributed by atoms with Crippen molar-refractivity contribution in [2.24, 2.45) is 0 Å². The van der Waals surface area contributed by atoms with Gasteiger partial charge in [0, 0.05) is 44.4 Å². The maximum absolute atomic E-state index is 15.3. The van der Waals surface area contributed by atoms with E-state index in [9.17, 15) is 9.90 Å². The molecule has 0 aliphatic heterocycles. The van der Waals surface area contributed by atoms with Crippen molar-refractivity contribution >= 4 is 30.8 Å². The quantitative estimate of drug-likeness (QED) is 0.0799.